The predicted molar refractivity (Wildman–Crippen MR) is 83.0 cm³/mol. The minimum Gasteiger partial charge on any atom is -0.507 e. The van der Waals surface area contributed by atoms with Gasteiger partial charge in [0.05, 0.1) is 5.56 Å². The Morgan fingerprint density at radius 1 is 1.45 bits per heavy atom. The number of likely N-dealkylation sites (N-methyl/N-ethyl adjacent to an activating group) is 1. The summed E-state index contributed by atoms with van der Waals surface area (Å²) in [4.78, 5) is 16.9. The van der Waals surface area contributed by atoms with Crippen LogP contribution in [0, 0.1) is 0 Å². The lowest BCUT2D eigenvalue weighted by atomic mass is 10.1. The van der Waals surface area contributed by atoms with E-state index < -0.39 is 0 Å². The number of rotatable bonds is 2. The van der Waals surface area contributed by atoms with Crippen molar-refractivity contribution in [3.63, 3.8) is 0 Å². The average Bonchev–Trinajstić information content (AvgIpc) is 2.62. The number of amides is 1. The van der Waals surface area contributed by atoms with Crippen molar-refractivity contribution in [1.29, 1.82) is 0 Å². The largest absolute Gasteiger partial charge is 0.507 e. The maximum Gasteiger partial charge on any atom is 0.257 e. The monoisotopic (exact) mass is 340 g/mol. The van der Waals surface area contributed by atoms with E-state index in [0.717, 1.165) is 36.9 Å². The first kappa shape index (κ1) is 15.3. The molecule has 4 nitrogen and oxygen atoms in total. The normalized spacial score (nSPS) is 20.8. The molecule has 0 spiro atoms. The van der Waals surface area contributed by atoms with E-state index in [2.05, 4.69) is 34.8 Å². The maximum atomic E-state index is 12.7. The summed E-state index contributed by atoms with van der Waals surface area (Å²) in [6, 6.07) is 5.19. The van der Waals surface area contributed by atoms with E-state index in [0.29, 0.717) is 5.56 Å². The third-order valence-electron chi connectivity index (χ3n) is 3.82. The fraction of sp³-hybridized carbons (Fsp3) is 0.533. The highest BCUT2D eigenvalue weighted by Gasteiger charge is 2.28. The minimum atomic E-state index is -0.0778. The standard InChI is InChI=1S/C15H21BrN2O2/c1-3-12-10-17(2)7-4-8-18(12)15(20)13-9-11(16)5-6-14(13)19/h5-6,9,12,19H,3-4,7-8,10H2,1-2H3. The van der Waals surface area contributed by atoms with Gasteiger partial charge in [0.1, 0.15) is 5.75 Å². The number of hydrogen-bond acceptors (Lipinski definition) is 3. The summed E-state index contributed by atoms with van der Waals surface area (Å²) in [7, 11) is 2.09. The van der Waals surface area contributed by atoms with Crippen LogP contribution in [0.3, 0.4) is 0 Å². The van der Waals surface area contributed by atoms with Gasteiger partial charge in [-0.05, 0) is 44.6 Å². The Bertz CT molecular complexity index is 493. The van der Waals surface area contributed by atoms with E-state index in [1.807, 2.05) is 4.90 Å². The summed E-state index contributed by atoms with van der Waals surface area (Å²) in [6.45, 7) is 4.74. The second-order valence-electron chi connectivity index (χ2n) is 5.34. The van der Waals surface area contributed by atoms with Crippen LogP contribution >= 0.6 is 15.9 Å². The van der Waals surface area contributed by atoms with Crippen LogP contribution in [0.15, 0.2) is 22.7 Å². The van der Waals surface area contributed by atoms with E-state index in [1.54, 1.807) is 18.2 Å². The van der Waals surface area contributed by atoms with Crippen LogP contribution in [0.2, 0.25) is 0 Å². The number of phenolic OH excluding ortho intramolecular Hbond substituents is 1. The SMILES string of the molecule is CCC1CN(C)CCCN1C(=O)c1cc(Br)ccc1O. The smallest absolute Gasteiger partial charge is 0.257 e. The number of halogens is 1. The second kappa shape index (κ2) is 6.59. The number of carbonyl (C=O) groups is 1. The first-order valence-electron chi connectivity index (χ1n) is 7.01. The average molecular weight is 341 g/mol. The number of carbonyl (C=O) groups excluding carboxylic acids is 1. The molecular formula is C15H21BrN2O2. The second-order valence-corrected chi connectivity index (χ2v) is 6.25. The molecule has 110 valence electrons. The lowest BCUT2D eigenvalue weighted by molar-refractivity contribution is 0.0672. The molecule has 1 aliphatic heterocycles. The molecule has 1 atom stereocenters. The summed E-state index contributed by atoms with van der Waals surface area (Å²) in [5, 5.41) is 9.94. The molecule has 1 aliphatic rings. The van der Waals surface area contributed by atoms with E-state index >= 15 is 0 Å². The Morgan fingerprint density at radius 3 is 2.90 bits per heavy atom. The van der Waals surface area contributed by atoms with Crippen LogP contribution in [0.25, 0.3) is 0 Å². The van der Waals surface area contributed by atoms with Gasteiger partial charge in [0.25, 0.3) is 5.91 Å². The van der Waals surface area contributed by atoms with Crippen LogP contribution in [-0.4, -0.2) is 53.5 Å². The number of phenols is 1. The Hall–Kier alpha value is -1.07. The van der Waals surface area contributed by atoms with Crippen molar-refractivity contribution in [2.75, 3.05) is 26.7 Å². The first-order chi connectivity index (χ1) is 9.52. The van der Waals surface area contributed by atoms with E-state index in [9.17, 15) is 9.90 Å². The van der Waals surface area contributed by atoms with Gasteiger partial charge in [-0.3, -0.25) is 4.79 Å². The van der Waals surface area contributed by atoms with Gasteiger partial charge >= 0.3 is 0 Å². The zero-order valence-corrected chi connectivity index (χ0v) is 13.6. The van der Waals surface area contributed by atoms with Crippen molar-refractivity contribution in [2.24, 2.45) is 0 Å². The molecular weight excluding hydrogens is 320 g/mol. The molecule has 1 heterocycles. The van der Waals surface area contributed by atoms with Crippen molar-refractivity contribution in [2.45, 2.75) is 25.8 Å². The Morgan fingerprint density at radius 2 is 2.20 bits per heavy atom. The van der Waals surface area contributed by atoms with Gasteiger partial charge in [-0.15, -0.1) is 0 Å². The van der Waals surface area contributed by atoms with Crippen LogP contribution in [0.5, 0.6) is 5.75 Å². The van der Waals surface area contributed by atoms with Crippen molar-refractivity contribution >= 4 is 21.8 Å². The summed E-state index contributed by atoms with van der Waals surface area (Å²) in [5.41, 5.74) is 0.377. The molecule has 0 bridgehead atoms. The van der Waals surface area contributed by atoms with Crippen molar-refractivity contribution in [3.05, 3.63) is 28.2 Å². The quantitative estimate of drug-likeness (QED) is 0.900. The van der Waals surface area contributed by atoms with Gasteiger partial charge in [-0.1, -0.05) is 22.9 Å². The lowest BCUT2D eigenvalue weighted by Crippen LogP contribution is -2.43. The Labute approximate surface area is 128 Å². The van der Waals surface area contributed by atoms with Crippen LogP contribution in [-0.2, 0) is 0 Å². The molecule has 1 fully saturated rings. The third kappa shape index (κ3) is 3.33. The number of nitrogens with zero attached hydrogens (tertiary/aromatic N) is 2. The molecule has 2 rings (SSSR count). The van der Waals surface area contributed by atoms with Gasteiger partial charge in [0, 0.05) is 23.6 Å². The van der Waals surface area contributed by atoms with Crippen LogP contribution in [0.1, 0.15) is 30.1 Å². The maximum absolute atomic E-state index is 12.7. The molecule has 1 N–H and O–H groups in total. The summed E-state index contributed by atoms with van der Waals surface area (Å²) in [5.74, 6) is -0.0309. The lowest BCUT2D eigenvalue weighted by Gasteiger charge is -2.30. The van der Waals surface area contributed by atoms with Crippen molar-refractivity contribution < 1.29 is 9.90 Å². The molecule has 1 aromatic carbocycles. The van der Waals surface area contributed by atoms with Crippen LogP contribution < -0.4 is 0 Å². The summed E-state index contributed by atoms with van der Waals surface area (Å²) in [6.07, 6.45) is 1.89. The van der Waals surface area contributed by atoms with Crippen molar-refractivity contribution in [1.82, 2.24) is 9.80 Å². The third-order valence-corrected chi connectivity index (χ3v) is 4.32. The molecule has 1 saturated heterocycles. The first-order valence-corrected chi connectivity index (χ1v) is 7.80. The topological polar surface area (TPSA) is 43.8 Å². The predicted octanol–water partition coefficient (Wildman–Crippen LogP) is 2.71. The van der Waals surface area contributed by atoms with Crippen molar-refractivity contribution in [3.8, 4) is 5.75 Å². The number of benzene rings is 1. The van der Waals surface area contributed by atoms with Gasteiger partial charge in [0.2, 0.25) is 0 Å². The molecule has 0 radical (unpaired) electrons. The molecule has 1 amide bonds. The number of aromatic hydroxyl groups is 1. The fourth-order valence-corrected chi connectivity index (χ4v) is 3.06. The van der Waals surface area contributed by atoms with E-state index in [4.69, 9.17) is 0 Å². The Kier molecular flexibility index (Phi) is 5.05. The molecule has 0 aliphatic carbocycles. The van der Waals surface area contributed by atoms with Crippen LogP contribution in [0.4, 0.5) is 0 Å². The molecule has 0 saturated carbocycles. The molecule has 5 heteroatoms. The zero-order chi connectivity index (χ0) is 14.7. The molecule has 1 unspecified atom stereocenters. The summed E-state index contributed by atoms with van der Waals surface area (Å²) < 4.78 is 0.804. The minimum absolute atomic E-state index is 0.0469. The summed E-state index contributed by atoms with van der Waals surface area (Å²) >= 11 is 3.36. The Balaban J connectivity index is 2.27. The zero-order valence-electron chi connectivity index (χ0n) is 12.0. The molecule has 0 aromatic heterocycles. The number of hydrogen-bond donors (Lipinski definition) is 1. The highest BCUT2D eigenvalue weighted by molar-refractivity contribution is 9.10. The van der Waals surface area contributed by atoms with Gasteiger partial charge in [-0.2, -0.15) is 0 Å². The van der Waals surface area contributed by atoms with Gasteiger partial charge in [0.15, 0.2) is 0 Å². The fourth-order valence-electron chi connectivity index (χ4n) is 2.69. The van der Waals surface area contributed by atoms with E-state index in [-0.39, 0.29) is 17.7 Å². The highest BCUT2D eigenvalue weighted by atomic mass is 79.9. The highest BCUT2D eigenvalue weighted by Crippen LogP contribution is 2.25. The van der Waals surface area contributed by atoms with Gasteiger partial charge < -0.3 is 14.9 Å². The molecule has 20 heavy (non-hydrogen) atoms. The van der Waals surface area contributed by atoms with Gasteiger partial charge in [-0.25, -0.2) is 0 Å². The van der Waals surface area contributed by atoms with E-state index in [1.165, 1.54) is 0 Å². The molecule has 1 aromatic rings.